The second-order valence-corrected chi connectivity index (χ2v) is 4.93. The maximum absolute atomic E-state index is 8.90. The molecule has 0 amide bonds. The fourth-order valence-corrected chi connectivity index (χ4v) is 2.44. The van der Waals surface area contributed by atoms with Gasteiger partial charge in [0.2, 0.25) is 0 Å². The highest BCUT2D eigenvalue weighted by atomic mass is 79.9. The van der Waals surface area contributed by atoms with Gasteiger partial charge in [0.05, 0.1) is 22.9 Å². The van der Waals surface area contributed by atoms with Crippen molar-refractivity contribution in [1.82, 2.24) is 4.98 Å². The zero-order valence-electron chi connectivity index (χ0n) is 7.27. The van der Waals surface area contributed by atoms with E-state index in [9.17, 15) is 0 Å². The van der Waals surface area contributed by atoms with E-state index in [2.05, 4.69) is 20.9 Å². The van der Waals surface area contributed by atoms with Gasteiger partial charge in [0, 0.05) is 4.47 Å². The number of aliphatic hydroxyl groups is 1. The Morgan fingerprint density at radius 3 is 3.07 bits per heavy atom. The SMILES string of the molecule is NC(CO)c1nc2cc(Br)ccc2s1. The van der Waals surface area contributed by atoms with Crippen LogP contribution in [0.5, 0.6) is 0 Å². The number of fused-ring (bicyclic) bond motifs is 1. The maximum Gasteiger partial charge on any atom is 0.113 e. The molecule has 3 N–H and O–H groups in total. The van der Waals surface area contributed by atoms with Crippen LogP contribution in [0.1, 0.15) is 11.0 Å². The second kappa shape index (κ2) is 3.94. The molecular weight excluding hydrogens is 264 g/mol. The quantitative estimate of drug-likeness (QED) is 0.880. The van der Waals surface area contributed by atoms with E-state index in [1.165, 1.54) is 11.3 Å². The standard InChI is InChI=1S/C9H9BrN2OS/c10-5-1-2-8-7(3-5)12-9(14-8)6(11)4-13/h1-3,6,13H,4,11H2. The van der Waals surface area contributed by atoms with E-state index < -0.39 is 0 Å². The van der Waals surface area contributed by atoms with Crippen LogP contribution in [-0.4, -0.2) is 16.7 Å². The van der Waals surface area contributed by atoms with Crippen LogP contribution in [0.4, 0.5) is 0 Å². The van der Waals surface area contributed by atoms with E-state index in [0.29, 0.717) is 0 Å². The van der Waals surface area contributed by atoms with Gasteiger partial charge in [0.15, 0.2) is 0 Å². The Morgan fingerprint density at radius 1 is 1.57 bits per heavy atom. The van der Waals surface area contributed by atoms with Crippen molar-refractivity contribution in [2.45, 2.75) is 6.04 Å². The Morgan fingerprint density at radius 2 is 2.36 bits per heavy atom. The van der Waals surface area contributed by atoms with Crippen molar-refractivity contribution in [3.05, 3.63) is 27.7 Å². The molecule has 0 fully saturated rings. The fourth-order valence-electron chi connectivity index (χ4n) is 1.16. The number of thiazole rings is 1. The highest BCUT2D eigenvalue weighted by molar-refractivity contribution is 9.10. The number of benzene rings is 1. The minimum absolute atomic E-state index is 0.0685. The molecule has 74 valence electrons. The zero-order chi connectivity index (χ0) is 10.1. The molecule has 1 unspecified atom stereocenters. The van der Waals surface area contributed by atoms with Gasteiger partial charge < -0.3 is 10.8 Å². The molecule has 0 aliphatic rings. The fraction of sp³-hybridized carbons (Fsp3) is 0.222. The van der Waals surface area contributed by atoms with E-state index in [4.69, 9.17) is 10.8 Å². The van der Waals surface area contributed by atoms with Gasteiger partial charge in [0.1, 0.15) is 5.01 Å². The highest BCUT2D eigenvalue weighted by Gasteiger charge is 2.10. The third-order valence-electron chi connectivity index (χ3n) is 1.88. The largest absolute Gasteiger partial charge is 0.394 e. The van der Waals surface area contributed by atoms with Gasteiger partial charge in [-0.3, -0.25) is 0 Å². The van der Waals surface area contributed by atoms with Gasteiger partial charge >= 0.3 is 0 Å². The molecule has 0 radical (unpaired) electrons. The number of hydrogen-bond acceptors (Lipinski definition) is 4. The van der Waals surface area contributed by atoms with Crippen LogP contribution < -0.4 is 5.73 Å². The molecule has 0 aliphatic carbocycles. The predicted molar refractivity (Wildman–Crippen MR) is 61.3 cm³/mol. The van der Waals surface area contributed by atoms with Crippen LogP contribution in [0.25, 0.3) is 10.2 Å². The topological polar surface area (TPSA) is 59.1 Å². The lowest BCUT2D eigenvalue weighted by Crippen LogP contribution is -2.13. The molecule has 0 saturated carbocycles. The summed E-state index contributed by atoms with van der Waals surface area (Å²) in [4.78, 5) is 4.35. The molecule has 2 rings (SSSR count). The average molecular weight is 273 g/mol. The van der Waals surface area contributed by atoms with Crippen LogP contribution in [0.2, 0.25) is 0 Å². The lowest BCUT2D eigenvalue weighted by atomic mass is 10.3. The molecular formula is C9H9BrN2OS. The van der Waals surface area contributed by atoms with E-state index in [0.717, 1.165) is 19.7 Å². The van der Waals surface area contributed by atoms with Gasteiger partial charge in [0.25, 0.3) is 0 Å². The zero-order valence-corrected chi connectivity index (χ0v) is 9.68. The normalized spacial score (nSPS) is 13.4. The molecule has 1 heterocycles. The first-order valence-corrected chi connectivity index (χ1v) is 5.74. The Bertz CT molecular complexity index is 457. The molecule has 0 saturated heterocycles. The minimum Gasteiger partial charge on any atom is -0.394 e. The molecule has 14 heavy (non-hydrogen) atoms. The van der Waals surface area contributed by atoms with E-state index >= 15 is 0 Å². The van der Waals surface area contributed by atoms with Crippen LogP contribution in [0, 0.1) is 0 Å². The van der Waals surface area contributed by atoms with Crippen molar-refractivity contribution in [2.24, 2.45) is 5.73 Å². The van der Waals surface area contributed by atoms with Crippen LogP contribution >= 0.6 is 27.3 Å². The first kappa shape index (κ1) is 10.0. The van der Waals surface area contributed by atoms with Crippen molar-refractivity contribution in [3.63, 3.8) is 0 Å². The van der Waals surface area contributed by atoms with Gasteiger partial charge in [-0.2, -0.15) is 0 Å². The van der Waals surface area contributed by atoms with Crippen LogP contribution in [0.15, 0.2) is 22.7 Å². The van der Waals surface area contributed by atoms with E-state index in [1.807, 2.05) is 18.2 Å². The number of nitrogens with zero attached hydrogens (tertiary/aromatic N) is 1. The Hall–Kier alpha value is -0.490. The lowest BCUT2D eigenvalue weighted by Gasteiger charge is -2.00. The van der Waals surface area contributed by atoms with Gasteiger partial charge in [-0.25, -0.2) is 4.98 Å². The van der Waals surface area contributed by atoms with E-state index in [1.54, 1.807) is 0 Å². The van der Waals surface area contributed by atoms with Gasteiger partial charge in [-0.15, -0.1) is 11.3 Å². The molecule has 0 bridgehead atoms. The summed E-state index contributed by atoms with van der Waals surface area (Å²) in [7, 11) is 0. The average Bonchev–Trinajstić information content (AvgIpc) is 2.59. The van der Waals surface area contributed by atoms with Crippen molar-refractivity contribution in [1.29, 1.82) is 0 Å². The summed E-state index contributed by atoms with van der Waals surface area (Å²) in [5, 5.41) is 9.68. The van der Waals surface area contributed by atoms with Crippen molar-refractivity contribution in [3.8, 4) is 0 Å². The first-order valence-electron chi connectivity index (χ1n) is 4.13. The van der Waals surface area contributed by atoms with Crippen LogP contribution in [-0.2, 0) is 0 Å². The molecule has 5 heteroatoms. The van der Waals surface area contributed by atoms with E-state index in [-0.39, 0.29) is 12.6 Å². The van der Waals surface area contributed by atoms with Crippen molar-refractivity contribution < 1.29 is 5.11 Å². The summed E-state index contributed by atoms with van der Waals surface area (Å²) in [6.07, 6.45) is 0. The Balaban J connectivity index is 2.51. The smallest absolute Gasteiger partial charge is 0.113 e. The maximum atomic E-state index is 8.90. The molecule has 0 spiro atoms. The molecule has 1 aromatic carbocycles. The first-order chi connectivity index (χ1) is 6.70. The number of aliphatic hydroxyl groups excluding tert-OH is 1. The molecule has 1 aromatic heterocycles. The summed E-state index contributed by atoms with van der Waals surface area (Å²) in [5.74, 6) is 0. The Labute approximate surface area is 93.7 Å². The monoisotopic (exact) mass is 272 g/mol. The predicted octanol–water partition coefficient (Wildman–Crippen LogP) is 2.05. The van der Waals surface area contributed by atoms with Crippen molar-refractivity contribution >= 4 is 37.5 Å². The Kier molecular flexibility index (Phi) is 2.83. The third-order valence-corrected chi connectivity index (χ3v) is 3.54. The number of nitrogens with two attached hydrogens (primary N) is 1. The van der Waals surface area contributed by atoms with Crippen LogP contribution in [0.3, 0.4) is 0 Å². The summed E-state index contributed by atoms with van der Waals surface area (Å²) in [6.45, 7) is -0.0685. The van der Waals surface area contributed by atoms with Crippen molar-refractivity contribution in [2.75, 3.05) is 6.61 Å². The summed E-state index contributed by atoms with van der Waals surface area (Å²) in [5.41, 5.74) is 6.60. The summed E-state index contributed by atoms with van der Waals surface area (Å²) in [6, 6.07) is 5.53. The molecule has 3 nitrogen and oxygen atoms in total. The molecule has 0 aliphatic heterocycles. The van der Waals surface area contributed by atoms with Gasteiger partial charge in [-0.05, 0) is 18.2 Å². The van der Waals surface area contributed by atoms with Gasteiger partial charge in [-0.1, -0.05) is 15.9 Å². The number of halogens is 1. The molecule has 1 atom stereocenters. The summed E-state index contributed by atoms with van der Waals surface area (Å²) < 4.78 is 2.09. The highest BCUT2D eigenvalue weighted by Crippen LogP contribution is 2.27. The third kappa shape index (κ3) is 1.81. The number of rotatable bonds is 2. The molecule has 2 aromatic rings. The summed E-state index contributed by atoms with van der Waals surface area (Å²) >= 11 is 4.90. The second-order valence-electron chi connectivity index (χ2n) is 2.95. The lowest BCUT2D eigenvalue weighted by molar-refractivity contribution is 0.268. The number of hydrogen-bond donors (Lipinski definition) is 2. The number of aromatic nitrogens is 1. The minimum atomic E-state index is -0.369.